The van der Waals surface area contributed by atoms with E-state index in [1.54, 1.807) is 0 Å². The highest BCUT2D eigenvalue weighted by Crippen LogP contribution is 2.14. The van der Waals surface area contributed by atoms with Crippen molar-refractivity contribution in [1.29, 1.82) is 0 Å². The van der Waals surface area contributed by atoms with Gasteiger partial charge in [0, 0.05) is 5.70 Å². The summed E-state index contributed by atoms with van der Waals surface area (Å²) in [6.45, 7) is 11.6. The van der Waals surface area contributed by atoms with E-state index in [2.05, 4.69) is 17.1 Å². The Labute approximate surface area is 103 Å². The molecule has 17 heavy (non-hydrogen) atoms. The summed E-state index contributed by atoms with van der Waals surface area (Å²) >= 11 is 0. The van der Waals surface area contributed by atoms with Crippen LogP contribution in [0.15, 0.2) is 41.6 Å². The molecule has 92 valence electrons. The Morgan fingerprint density at radius 1 is 1.24 bits per heavy atom. The van der Waals surface area contributed by atoms with Gasteiger partial charge in [-0.2, -0.15) is 5.10 Å². The van der Waals surface area contributed by atoms with Crippen molar-refractivity contribution in [2.45, 2.75) is 33.8 Å². The molecular formula is C14H20N2O. The van der Waals surface area contributed by atoms with E-state index in [0.29, 0.717) is 0 Å². The van der Waals surface area contributed by atoms with E-state index in [9.17, 15) is 0 Å². The highest BCUT2D eigenvalue weighted by molar-refractivity contribution is 5.98. The molecule has 1 aromatic rings. The van der Waals surface area contributed by atoms with E-state index in [-0.39, 0.29) is 6.10 Å². The van der Waals surface area contributed by atoms with Gasteiger partial charge in [-0.3, -0.25) is 5.43 Å². The van der Waals surface area contributed by atoms with Crippen molar-refractivity contribution < 1.29 is 4.74 Å². The molecule has 3 nitrogen and oxygen atoms in total. The maximum Gasteiger partial charge on any atom is 0.119 e. The molecule has 0 fully saturated rings. The van der Waals surface area contributed by atoms with Crippen molar-refractivity contribution in [2.75, 3.05) is 0 Å². The van der Waals surface area contributed by atoms with Crippen molar-refractivity contribution in [3.05, 3.63) is 42.1 Å². The van der Waals surface area contributed by atoms with Crippen molar-refractivity contribution in [2.24, 2.45) is 5.10 Å². The first-order valence-electron chi connectivity index (χ1n) is 5.72. The number of allylic oxidation sites excluding steroid dienone is 1. The molecule has 0 aromatic heterocycles. The Balaban J connectivity index is 2.73. The molecule has 1 aromatic carbocycles. The zero-order chi connectivity index (χ0) is 12.8. The molecule has 0 bridgehead atoms. The van der Waals surface area contributed by atoms with Gasteiger partial charge < -0.3 is 4.74 Å². The number of rotatable bonds is 5. The average Bonchev–Trinajstić information content (AvgIpc) is 2.26. The van der Waals surface area contributed by atoms with Gasteiger partial charge in [0.1, 0.15) is 5.75 Å². The summed E-state index contributed by atoms with van der Waals surface area (Å²) in [5, 5.41) is 4.21. The van der Waals surface area contributed by atoms with Crippen molar-refractivity contribution in [1.82, 2.24) is 5.43 Å². The zero-order valence-corrected chi connectivity index (χ0v) is 10.9. The molecule has 0 heterocycles. The zero-order valence-electron chi connectivity index (χ0n) is 10.9. The number of hydrazone groups is 1. The van der Waals surface area contributed by atoms with E-state index in [4.69, 9.17) is 4.74 Å². The summed E-state index contributed by atoms with van der Waals surface area (Å²) < 4.78 is 5.58. The molecule has 0 aliphatic heterocycles. The van der Waals surface area contributed by atoms with Gasteiger partial charge in [0.2, 0.25) is 0 Å². The molecule has 0 saturated carbocycles. The Bertz CT molecular complexity index is 405. The van der Waals surface area contributed by atoms with Crippen LogP contribution in [0.25, 0.3) is 0 Å². The van der Waals surface area contributed by atoms with Crippen LogP contribution < -0.4 is 10.2 Å². The molecule has 3 heteroatoms. The summed E-state index contributed by atoms with van der Waals surface area (Å²) in [6, 6.07) is 7.90. The summed E-state index contributed by atoms with van der Waals surface area (Å²) in [6.07, 6.45) is 0.195. The summed E-state index contributed by atoms with van der Waals surface area (Å²) in [4.78, 5) is 0. The fourth-order valence-corrected chi connectivity index (χ4v) is 1.29. The molecule has 0 unspecified atom stereocenters. The van der Waals surface area contributed by atoms with Gasteiger partial charge in [0.15, 0.2) is 0 Å². The minimum absolute atomic E-state index is 0.195. The largest absolute Gasteiger partial charge is 0.491 e. The quantitative estimate of drug-likeness (QED) is 0.624. The lowest BCUT2D eigenvalue weighted by atomic mass is 10.1. The van der Waals surface area contributed by atoms with Gasteiger partial charge >= 0.3 is 0 Å². The van der Waals surface area contributed by atoms with Gasteiger partial charge in [-0.05, 0) is 57.5 Å². The van der Waals surface area contributed by atoms with Crippen LogP contribution >= 0.6 is 0 Å². The van der Waals surface area contributed by atoms with Crippen LogP contribution in [0.1, 0.15) is 33.3 Å². The van der Waals surface area contributed by atoms with E-state index in [1.165, 1.54) is 0 Å². The first-order valence-corrected chi connectivity index (χ1v) is 5.72. The summed E-state index contributed by atoms with van der Waals surface area (Å²) in [7, 11) is 0. The van der Waals surface area contributed by atoms with Crippen LogP contribution in [-0.4, -0.2) is 11.8 Å². The third-order valence-electron chi connectivity index (χ3n) is 2.06. The van der Waals surface area contributed by atoms with E-state index >= 15 is 0 Å². The molecule has 1 rings (SSSR count). The van der Waals surface area contributed by atoms with E-state index < -0.39 is 0 Å². The Hall–Kier alpha value is -1.77. The lowest BCUT2D eigenvalue weighted by Gasteiger charge is -2.10. The normalized spacial score (nSPS) is 11.5. The molecule has 0 atom stereocenters. The third-order valence-corrected chi connectivity index (χ3v) is 2.06. The highest BCUT2D eigenvalue weighted by atomic mass is 16.5. The van der Waals surface area contributed by atoms with Crippen LogP contribution in [0.3, 0.4) is 0 Å². The predicted octanol–water partition coefficient (Wildman–Crippen LogP) is 3.32. The lowest BCUT2D eigenvalue weighted by molar-refractivity contribution is 0.242. The molecule has 0 aliphatic carbocycles. The Kier molecular flexibility index (Phi) is 4.76. The SMILES string of the molecule is C=C(C)N/N=C(\C)c1ccc(OC(C)C)cc1. The van der Waals surface area contributed by atoms with Crippen LogP contribution in [0.4, 0.5) is 0 Å². The number of hydrogen-bond donors (Lipinski definition) is 1. The third kappa shape index (κ3) is 4.72. The maximum atomic E-state index is 5.58. The second-order valence-corrected chi connectivity index (χ2v) is 4.28. The molecule has 0 amide bonds. The number of nitrogens with zero attached hydrogens (tertiary/aromatic N) is 1. The topological polar surface area (TPSA) is 33.6 Å². The van der Waals surface area contributed by atoms with E-state index in [1.807, 2.05) is 52.0 Å². The molecular weight excluding hydrogens is 212 g/mol. The second-order valence-electron chi connectivity index (χ2n) is 4.28. The van der Waals surface area contributed by atoms with Gasteiger partial charge in [-0.25, -0.2) is 0 Å². The van der Waals surface area contributed by atoms with Crippen molar-refractivity contribution in [3.63, 3.8) is 0 Å². The van der Waals surface area contributed by atoms with Gasteiger partial charge in [-0.15, -0.1) is 0 Å². The van der Waals surface area contributed by atoms with Gasteiger partial charge in [0.05, 0.1) is 11.8 Å². The first kappa shape index (κ1) is 13.3. The standard InChI is InChI=1S/C14H20N2O/c1-10(2)15-16-12(5)13-6-8-14(9-7-13)17-11(3)4/h6-9,11,15H,1H2,2-5H3/b16-12+. The van der Waals surface area contributed by atoms with Crippen molar-refractivity contribution in [3.8, 4) is 5.75 Å². The number of hydrogen-bond acceptors (Lipinski definition) is 3. The molecule has 0 aliphatic rings. The van der Waals surface area contributed by atoms with Gasteiger partial charge in [-0.1, -0.05) is 6.58 Å². The second kappa shape index (κ2) is 6.09. The minimum atomic E-state index is 0.195. The minimum Gasteiger partial charge on any atom is -0.491 e. The lowest BCUT2D eigenvalue weighted by Crippen LogP contribution is -2.07. The van der Waals surface area contributed by atoms with E-state index in [0.717, 1.165) is 22.7 Å². The molecule has 0 saturated heterocycles. The highest BCUT2D eigenvalue weighted by Gasteiger charge is 2.00. The fourth-order valence-electron chi connectivity index (χ4n) is 1.29. The average molecular weight is 232 g/mol. The monoisotopic (exact) mass is 232 g/mol. The summed E-state index contributed by atoms with van der Waals surface area (Å²) in [5.74, 6) is 0.879. The smallest absolute Gasteiger partial charge is 0.119 e. The van der Waals surface area contributed by atoms with Gasteiger partial charge in [0.25, 0.3) is 0 Å². The number of ether oxygens (including phenoxy) is 1. The predicted molar refractivity (Wildman–Crippen MR) is 72.4 cm³/mol. The van der Waals surface area contributed by atoms with Crippen LogP contribution in [-0.2, 0) is 0 Å². The fraction of sp³-hybridized carbons (Fsp3) is 0.357. The number of nitrogens with one attached hydrogen (secondary N) is 1. The number of benzene rings is 1. The van der Waals surface area contributed by atoms with Crippen LogP contribution in [0.2, 0.25) is 0 Å². The molecule has 1 N–H and O–H groups in total. The first-order chi connectivity index (χ1) is 7.99. The molecule has 0 radical (unpaired) electrons. The Morgan fingerprint density at radius 2 is 1.82 bits per heavy atom. The van der Waals surface area contributed by atoms with Crippen LogP contribution in [0, 0.1) is 0 Å². The van der Waals surface area contributed by atoms with Crippen LogP contribution in [0.5, 0.6) is 5.75 Å². The molecule has 0 spiro atoms. The van der Waals surface area contributed by atoms with Crippen molar-refractivity contribution >= 4 is 5.71 Å². The Morgan fingerprint density at radius 3 is 2.29 bits per heavy atom. The maximum absolute atomic E-state index is 5.58. The summed E-state index contributed by atoms with van der Waals surface area (Å²) in [5.41, 5.74) is 5.66.